The molecule has 0 amide bonds. The van der Waals surface area contributed by atoms with Crippen LogP contribution in [-0.4, -0.2) is 36.8 Å². The van der Waals surface area contributed by atoms with Gasteiger partial charge < -0.3 is 10.0 Å². The third kappa shape index (κ3) is 2.98. The van der Waals surface area contributed by atoms with Crippen molar-refractivity contribution in [2.24, 2.45) is 11.3 Å². The third-order valence-corrected chi connectivity index (χ3v) is 4.65. The predicted molar refractivity (Wildman–Crippen MR) is 67.4 cm³/mol. The van der Waals surface area contributed by atoms with Crippen LogP contribution < -0.4 is 0 Å². The molecule has 2 heteroatoms. The second kappa shape index (κ2) is 5.50. The minimum absolute atomic E-state index is 0.233. The van der Waals surface area contributed by atoms with E-state index in [2.05, 4.69) is 11.9 Å². The van der Waals surface area contributed by atoms with Crippen molar-refractivity contribution in [1.82, 2.24) is 4.90 Å². The molecule has 0 unspecified atom stereocenters. The van der Waals surface area contributed by atoms with Gasteiger partial charge in [-0.1, -0.05) is 25.7 Å². The Morgan fingerprint density at radius 3 is 2.31 bits per heavy atom. The van der Waals surface area contributed by atoms with Gasteiger partial charge in [0.25, 0.3) is 0 Å². The summed E-state index contributed by atoms with van der Waals surface area (Å²) in [7, 11) is 2.24. The summed E-state index contributed by atoms with van der Waals surface area (Å²) in [6, 6.07) is 0. The van der Waals surface area contributed by atoms with E-state index >= 15 is 0 Å². The molecular formula is C14H27NO. The summed E-state index contributed by atoms with van der Waals surface area (Å²) in [4.78, 5) is 2.48. The summed E-state index contributed by atoms with van der Waals surface area (Å²) < 4.78 is 0. The molecule has 0 saturated heterocycles. The molecule has 2 fully saturated rings. The second-order valence-corrected chi connectivity index (χ2v) is 6.21. The fourth-order valence-electron chi connectivity index (χ4n) is 3.42. The Morgan fingerprint density at radius 2 is 1.81 bits per heavy atom. The Morgan fingerprint density at radius 1 is 1.12 bits per heavy atom. The van der Waals surface area contributed by atoms with Gasteiger partial charge in [0, 0.05) is 25.1 Å². The standard InChI is InChI=1S/C14H27NO/c1-15(10-13-6-5-7-13)11-14(12-16)8-3-2-4-9-14/h13,16H,2-12H2,1H3. The van der Waals surface area contributed by atoms with Gasteiger partial charge >= 0.3 is 0 Å². The van der Waals surface area contributed by atoms with Crippen LogP contribution in [0.1, 0.15) is 51.4 Å². The molecule has 0 heterocycles. The maximum Gasteiger partial charge on any atom is 0.0499 e. The van der Waals surface area contributed by atoms with Crippen molar-refractivity contribution in [2.45, 2.75) is 51.4 Å². The Labute approximate surface area is 100 Å². The predicted octanol–water partition coefficient (Wildman–Crippen LogP) is 2.66. The summed E-state index contributed by atoms with van der Waals surface area (Å²) in [6.07, 6.45) is 10.8. The van der Waals surface area contributed by atoms with Gasteiger partial charge in [0.1, 0.15) is 0 Å². The highest BCUT2D eigenvalue weighted by Crippen LogP contribution is 2.37. The SMILES string of the molecule is CN(CC1CCC1)CC1(CO)CCCCC1. The molecule has 1 N–H and O–H groups in total. The zero-order chi connectivity index (χ0) is 11.4. The number of rotatable bonds is 5. The molecular weight excluding hydrogens is 198 g/mol. The largest absolute Gasteiger partial charge is 0.396 e. The number of nitrogens with zero attached hydrogens (tertiary/aromatic N) is 1. The average molecular weight is 225 g/mol. The van der Waals surface area contributed by atoms with Crippen LogP contribution in [0.3, 0.4) is 0 Å². The normalized spacial score (nSPS) is 25.7. The summed E-state index contributed by atoms with van der Waals surface area (Å²) >= 11 is 0. The van der Waals surface area contributed by atoms with E-state index in [9.17, 15) is 5.11 Å². The molecule has 0 aromatic carbocycles. The number of hydrogen-bond acceptors (Lipinski definition) is 2. The van der Waals surface area contributed by atoms with E-state index in [1.54, 1.807) is 0 Å². The van der Waals surface area contributed by atoms with Crippen molar-refractivity contribution in [3.8, 4) is 0 Å². The third-order valence-electron chi connectivity index (χ3n) is 4.65. The van der Waals surface area contributed by atoms with Gasteiger partial charge in [0.15, 0.2) is 0 Å². The van der Waals surface area contributed by atoms with Crippen molar-refractivity contribution < 1.29 is 5.11 Å². The number of aliphatic hydroxyl groups is 1. The topological polar surface area (TPSA) is 23.5 Å². The Hall–Kier alpha value is -0.0800. The monoisotopic (exact) mass is 225 g/mol. The van der Waals surface area contributed by atoms with E-state index < -0.39 is 0 Å². The lowest BCUT2D eigenvalue weighted by molar-refractivity contribution is 0.0397. The van der Waals surface area contributed by atoms with Crippen LogP contribution >= 0.6 is 0 Å². The summed E-state index contributed by atoms with van der Waals surface area (Å²) in [5.74, 6) is 0.948. The van der Waals surface area contributed by atoms with Gasteiger partial charge in [0.05, 0.1) is 0 Å². The van der Waals surface area contributed by atoms with Gasteiger partial charge in [-0.3, -0.25) is 0 Å². The van der Waals surface area contributed by atoms with Crippen LogP contribution in [0.15, 0.2) is 0 Å². The van der Waals surface area contributed by atoms with Crippen molar-refractivity contribution in [1.29, 1.82) is 0 Å². The molecule has 16 heavy (non-hydrogen) atoms. The summed E-state index contributed by atoms with van der Waals surface area (Å²) in [5.41, 5.74) is 0.233. The van der Waals surface area contributed by atoms with E-state index in [-0.39, 0.29) is 5.41 Å². The molecule has 2 rings (SSSR count). The van der Waals surface area contributed by atoms with E-state index in [0.29, 0.717) is 6.61 Å². The highest BCUT2D eigenvalue weighted by Gasteiger charge is 2.33. The quantitative estimate of drug-likeness (QED) is 0.777. The smallest absolute Gasteiger partial charge is 0.0499 e. The summed E-state index contributed by atoms with van der Waals surface area (Å²) in [6.45, 7) is 2.75. The summed E-state index contributed by atoms with van der Waals surface area (Å²) in [5, 5.41) is 9.67. The van der Waals surface area contributed by atoms with Crippen LogP contribution in [0.2, 0.25) is 0 Å². The van der Waals surface area contributed by atoms with Gasteiger partial charge in [-0.05, 0) is 38.6 Å². The number of hydrogen-bond donors (Lipinski definition) is 1. The van der Waals surface area contributed by atoms with Gasteiger partial charge in [-0.25, -0.2) is 0 Å². The lowest BCUT2D eigenvalue weighted by atomic mass is 9.74. The first-order valence-corrected chi connectivity index (χ1v) is 7.03. The van der Waals surface area contributed by atoms with Gasteiger partial charge in [-0.15, -0.1) is 0 Å². The molecule has 0 bridgehead atoms. The Balaban J connectivity index is 1.79. The van der Waals surface area contributed by atoms with E-state index in [1.165, 1.54) is 57.9 Å². The molecule has 2 aliphatic carbocycles. The molecule has 0 atom stereocenters. The molecule has 0 aromatic rings. The van der Waals surface area contributed by atoms with Crippen LogP contribution in [0.4, 0.5) is 0 Å². The van der Waals surface area contributed by atoms with Crippen molar-refractivity contribution in [3.63, 3.8) is 0 Å². The van der Waals surface area contributed by atoms with Crippen LogP contribution in [0.5, 0.6) is 0 Å². The van der Waals surface area contributed by atoms with Crippen LogP contribution in [-0.2, 0) is 0 Å². The number of aliphatic hydroxyl groups excluding tert-OH is 1. The van der Waals surface area contributed by atoms with E-state index in [4.69, 9.17) is 0 Å². The molecule has 0 radical (unpaired) electrons. The fraction of sp³-hybridized carbons (Fsp3) is 1.00. The minimum Gasteiger partial charge on any atom is -0.396 e. The molecule has 0 aromatic heterocycles. The Bertz CT molecular complexity index is 207. The van der Waals surface area contributed by atoms with Gasteiger partial charge in [-0.2, -0.15) is 0 Å². The molecule has 2 saturated carbocycles. The van der Waals surface area contributed by atoms with Crippen LogP contribution in [0.25, 0.3) is 0 Å². The van der Waals surface area contributed by atoms with Crippen molar-refractivity contribution in [2.75, 3.05) is 26.7 Å². The lowest BCUT2D eigenvalue weighted by Gasteiger charge is -2.40. The highest BCUT2D eigenvalue weighted by molar-refractivity contribution is 4.85. The van der Waals surface area contributed by atoms with E-state index in [1.807, 2.05) is 0 Å². The average Bonchev–Trinajstić information content (AvgIpc) is 2.25. The maximum absolute atomic E-state index is 9.67. The molecule has 2 nitrogen and oxygen atoms in total. The Kier molecular flexibility index (Phi) is 4.26. The first-order valence-electron chi connectivity index (χ1n) is 7.03. The van der Waals surface area contributed by atoms with Gasteiger partial charge in [0.2, 0.25) is 0 Å². The first-order chi connectivity index (χ1) is 7.74. The van der Waals surface area contributed by atoms with E-state index in [0.717, 1.165) is 12.5 Å². The molecule has 0 spiro atoms. The lowest BCUT2D eigenvalue weighted by Crippen LogP contribution is -2.42. The maximum atomic E-state index is 9.67. The van der Waals surface area contributed by atoms with Crippen molar-refractivity contribution in [3.05, 3.63) is 0 Å². The minimum atomic E-state index is 0.233. The highest BCUT2D eigenvalue weighted by atomic mass is 16.3. The zero-order valence-electron chi connectivity index (χ0n) is 10.7. The second-order valence-electron chi connectivity index (χ2n) is 6.21. The van der Waals surface area contributed by atoms with Crippen LogP contribution in [0, 0.1) is 11.3 Å². The zero-order valence-corrected chi connectivity index (χ0v) is 10.7. The van der Waals surface area contributed by atoms with Crippen molar-refractivity contribution >= 4 is 0 Å². The molecule has 2 aliphatic rings. The first kappa shape index (κ1) is 12.4. The molecule has 0 aliphatic heterocycles. The fourth-order valence-corrected chi connectivity index (χ4v) is 3.42. The molecule has 94 valence electrons.